The molecule has 164 valence electrons. The van der Waals surface area contributed by atoms with Crippen molar-refractivity contribution in [2.45, 2.75) is 108 Å². The van der Waals surface area contributed by atoms with Crippen LogP contribution >= 0.6 is 0 Å². The number of rotatable bonds is 5. The van der Waals surface area contributed by atoms with Crippen LogP contribution in [0.1, 0.15) is 101 Å². The smallest absolute Gasteiger partial charge is 0.0830 e. The highest BCUT2D eigenvalue weighted by Crippen LogP contribution is 2.30. The molecular weight excluding hydrogens is 332 g/mol. The first-order valence-electron chi connectivity index (χ1n) is 9.19. The third-order valence-corrected chi connectivity index (χ3v) is 4.78. The van der Waals surface area contributed by atoms with E-state index < -0.39 is 0 Å². The number of ether oxygens (including phenoxy) is 1. The Kier molecular flexibility index (Phi) is 23.1. The lowest BCUT2D eigenvalue weighted by Crippen LogP contribution is -2.35. The van der Waals surface area contributed by atoms with Crippen LogP contribution in [0.5, 0.6) is 0 Å². The predicted molar refractivity (Wildman–Crippen MR) is 126 cm³/mol. The van der Waals surface area contributed by atoms with Crippen molar-refractivity contribution in [3.8, 4) is 0 Å². The van der Waals surface area contributed by atoms with Crippen molar-refractivity contribution in [1.29, 1.82) is 0 Å². The van der Waals surface area contributed by atoms with Crippen molar-refractivity contribution in [3.63, 3.8) is 0 Å². The zero-order valence-corrected chi connectivity index (χ0v) is 15.7. The van der Waals surface area contributed by atoms with E-state index in [-0.39, 0.29) is 41.9 Å². The van der Waals surface area contributed by atoms with E-state index in [0.717, 1.165) is 24.7 Å². The molecule has 1 saturated carbocycles. The van der Waals surface area contributed by atoms with Gasteiger partial charge in [-0.3, -0.25) is 0 Å². The van der Waals surface area contributed by atoms with E-state index in [9.17, 15) is 5.11 Å². The van der Waals surface area contributed by atoms with E-state index >= 15 is 0 Å². The Labute approximate surface area is 172 Å². The predicted octanol–water partition coefficient (Wildman–Crippen LogP) is 7.95. The highest BCUT2D eigenvalue weighted by molar-refractivity contribution is 5.17. The van der Waals surface area contributed by atoms with Crippen LogP contribution in [0.15, 0.2) is 30.3 Å². The lowest BCUT2D eigenvalue weighted by atomic mass is 9.81. The third kappa shape index (κ3) is 13.9. The molecule has 27 heavy (non-hydrogen) atoms. The molecule has 1 fully saturated rings. The zero-order valence-electron chi connectivity index (χ0n) is 15.7. The molecule has 2 rings (SSSR count). The van der Waals surface area contributed by atoms with E-state index in [1.807, 2.05) is 6.07 Å². The van der Waals surface area contributed by atoms with Gasteiger partial charge in [0, 0.05) is 7.11 Å². The highest BCUT2D eigenvalue weighted by atomic mass is 16.5. The minimum absolute atomic E-state index is 0. The van der Waals surface area contributed by atoms with Gasteiger partial charge in [0.1, 0.15) is 0 Å². The Morgan fingerprint density at radius 1 is 0.963 bits per heavy atom. The van der Waals surface area contributed by atoms with Crippen molar-refractivity contribution in [2.24, 2.45) is 11.8 Å². The summed E-state index contributed by atoms with van der Waals surface area (Å²) < 4.78 is 5.23. The monoisotopic (exact) mass is 384 g/mol. The molecule has 1 aromatic rings. The number of hydrogen-bond donors (Lipinski definition) is 1. The first kappa shape index (κ1) is 33.7. The fraction of sp³-hybridized carbons (Fsp3) is 0.760. The molecule has 0 spiro atoms. The Bertz CT molecular complexity index is 400. The van der Waals surface area contributed by atoms with Crippen molar-refractivity contribution >= 4 is 0 Å². The Morgan fingerprint density at radius 3 is 1.89 bits per heavy atom. The van der Waals surface area contributed by atoms with Gasteiger partial charge >= 0.3 is 0 Å². The first-order chi connectivity index (χ1) is 10.9. The molecule has 0 amide bonds. The summed E-state index contributed by atoms with van der Waals surface area (Å²) in [5, 5.41) is 9.78. The van der Waals surface area contributed by atoms with Crippen LogP contribution in [0.3, 0.4) is 0 Å². The number of benzene rings is 1. The molecule has 2 nitrogen and oxygen atoms in total. The Hall–Kier alpha value is -0.860. The van der Waals surface area contributed by atoms with Crippen LogP contribution < -0.4 is 0 Å². The maximum Gasteiger partial charge on any atom is 0.0830 e. The number of aliphatic hydroxyl groups excluding tert-OH is 1. The maximum atomic E-state index is 9.78. The largest absolute Gasteiger partial charge is 0.390 e. The van der Waals surface area contributed by atoms with Crippen LogP contribution in [-0.2, 0) is 4.74 Å². The van der Waals surface area contributed by atoms with Crippen LogP contribution in [0, 0.1) is 11.8 Å². The molecule has 0 bridgehead atoms. The van der Waals surface area contributed by atoms with Crippen LogP contribution in [0.2, 0.25) is 0 Å². The number of hydrogen-bond acceptors (Lipinski definition) is 2. The van der Waals surface area contributed by atoms with Gasteiger partial charge in [-0.1, -0.05) is 101 Å². The van der Waals surface area contributed by atoms with Crippen LogP contribution in [0.4, 0.5) is 0 Å². The van der Waals surface area contributed by atoms with Gasteiger partial charge < -0.3 is 9.84 Å². The number of aliphatic hydroxyl groups is 1. The van der Waals surface area contributed by atoms with Gasteiger partial charge in [0.05, 0.1) is 12.2 Å². The third-order valence-electron chi connectivity index (χ3n) is 4.78. The molecule has 2 heteroatoms. The molecule has 0 aliphatic heterocycles. The molecule has 1 N–H and O–H groups in total. The molecule has 0 saturated heterocycles. The molecular formula is C25H52O2. The molecule has 1 aliphatic rings. The fourth-order valence-corrected chi connectivity index (χ4v) is 3.15. The Morgan fingerprint density at radius 2 is 1.52 bits per heavy atom. The SMILES string of the molecule is C.C.C.C.CC(C)c1ccccc1.COC1CCC(CCC(C)C)CC1O. The molecule has 0 radical (unpaired) electrons. The average molecular weight is 385 g/mol. The summed E-state index contributed by atoms with van der Waals surface area (Å²) in [6.45, 7) is 8.93. The van der Waals surface area contributed by atoms with Gasteiger partial charge in [0.25, 0.3) is 0 Å². The molecule has 0 aromatic heterocycles. The minimum atomic E-state index is -0.231. The van der Waals surface area contributed by atoms with Gasteiger partial charge in [-0.15, -0.1) is 0 Å². The number of methoxy groups -OCH3 is 1. The van der Waals surface area contributed by atoms with Crippen molar-refractivity contribution in [1.82, 2.24) is 0 Å². The highest BCUT2D eigenvalue weighted by Gasteiger charge is 2.28. The van der Waals surface area contributed by atoms with Crippen LogP contribution in [0.25, 0.3) is 0 Å². The second-order valence-electron chi connectivity index (χ2n) is 7.56. The second kappa shape index (κ2) is 18.5. The van der Waals surface area contributed by atoms with Crippen molar-refractivity contribution in [3.05, 3.63) is 35.9 Å². The van der Waals surface area contributed by atoms with Gasteiger partial charge in [-0.05, 0) is 42.6 Å². The first-order valence-corrected chi connectivity index (χ1v) is 9.19. The summed E-state index contributed by atoms with van der Waals surface area (Å²) in [6, 6.07) is 10.5. The van der Waals surface area contributed by atoms with Crippen molar-refractivity contribution in [2.75, 3.05) is 7.11 Å². The molecule has 0 heterocycles. The van der Waals surface area contributed by atoms with Gasteiger partial charge in [-0.25, -0.2) is 0 Å². The molecule has 1 aromatic carbocycles. The Balaban J connectivity index is -0.000000181. The quantitative estimate of drug-likeness (QED) is 0.558. The summed E-state index contributed by atoms with van der Waals surface area (Å²) in [6.07, 6.45) is 5.60. The zero-order chi connectivity index (χ0) is 17.2. The summed E-state index contributed by atoms with van der Waals surface area (Å²) in [5.41, 5.74) is 1.41. The lowest BCUT2D eigenvalue weighted by molar-refractivity contribution is -0.0510. The maximum absolute atomic E-state index is 9.78. The summed E-state index contributed by atoms with van der Waals surface area (Å²) in [5.74, 6) is 2.16. The normalized spacial score (nSPS) is 20.8. The van der Waals surface area contributed by atoms with Gasteiger partial charge in [0.15, 0.2) is 0 Å². The van der Waals surface area contributed by atoms with Crippen LogP contribution in [-0.4, -0.2) is 24.4 Å². The second-order valence-corrected chi connectivity index (χ2v) is 7.56. The molecule has 3 unspecified atom stereocenters. The van der Waals surface area contributed by atoms with Crippen molar-refractivity contribution < 1.29 is 9.84 Å². The standard InChI is InChI=1S/C12H24O2.C9H12.4CH4/c1-9(2)4-5-10-6-7-12(14-3)11(13)8-10;1-8(2)9-6-4-3-5-7-9;;;;/h9-13H,4-8H2,1-3H3;3-8H,1-2H3;4*1H4. The molecule has 3 atom stereocenters. The summed E-state index contributed by atoms with van der Waals surface area (Å²) in [7, 11) is 1.70. The van der Waals surface area contributed by atoms with E-state index in [0.29, 0.717) is 5.92 Å². The van der Waals surface area contributed by atoms with E-state index in [1.165, 1.54) is 24.8 Å². The van der Waals surface area contributed by atoms with E-state index in [4.69, 9.17) is 4.74 Å². The van der Waals surface area contributed by atoms with E-state index in [1.54, 1.807) is 7.11 Å². The fourth-order valence-electron chi connectivity index (χ4n) is 3.15. The minimum Gasteiger partial charge on any atom is -0.390 e. The van der Waals surface area contributed by atoms with Gasteiger partial charge in [-0.2, -0.15) is 0 Å². The topological polar surface area (TPSA) is 29.5 Å². The summed E-state index contributed by atoms with van der Waals surface area (Å²) >= 11 is 0. The average Bonchev–Trinajstić information content (AvgIpc) is 2.54. The van der Waals surface area contributed by atoms with Gasteiger partial charge in [0.2, 0.25) is 0 Å². The lowest BCUT2D eigenvalue weighted by Gasteiger charge is -2.32. The summed E-state index contributed by atoms with van der Waals surface area (Å²) in [4.78, 5) is 0. The molecule has 1 aliphatic carbocycles. The van der Waals surface area contributed by atoms with E-state index in [2.05, 4.69) is 52.0 Å².